The van der Waals surface area contributed by atoms with Gasteiger partial charge in [-0.2, -0.15) is 0 Å². The molecule has 1 rings (SSSR count). The minimum Gasteiger partial charge on any atom is -0.468 e. The fourth-order valence-corrected chi connectivity index (χ4v) is 2.94. The first-order chi connectivity index (χ1) is 8.06. The van der Waals surface area contributed by atoms with Crippen LogP contribution in [0.1, 0.15) is 39.5 Å². The Morgan fingerprint density at radius 3 is 2.71 bits per heavy atom. The van der Waals surface area contributed by atoms with Crippen molar-refractivity contribution in [2.24, 2.45) is 5.92 Å². The Labute approximate surface area is 104 Å². The molecule has 2 atom stereocenters. The lowest BCUT2D eigenvalue weighted by atomic mass is 9.84. The van der Waals surface area contributed by atoms with E-state index in [-0.39, 0.29) is 12.0 Å². The van der Waals surface area contributed by atoms with E-state index in [1.807, 2.05) is 0 Å². The molecule has 1 aliphatic carbocycles. The van der Waals surface area contributed by atoms with Crippen molar-refractivity contribution in [3.8, 4) is 0 Å². The highest BCUT2D eigenvalue weighted by Gasteiger charge is 2.49. The number of rotatable bonds is 6. The number of hydrogen-bond donors (Lipinski definition) is 1. The maximum Gasteiger partial charge on any atom is 0.326 e. The molecule has 0 radical (unpaired) electrons. The Balaban J connectivity index is 2.82. The number of hydrogen-bond acceptors (Lipinski definition) is 4. The summed E-state index contributed by atoms with van der Waals surface area (Å²) in [5.74, 6) is 0.196. The van der Waals surface area contributed by atoms with Gasteiger partial charge in [-0.1, -0.05) is 6.42 Å². The van der Waals surface area contributed by atoms with Gasteiger partial charge >= 0.3 is 5.97 Å². The van der Waals surface area contributed by atoms with Gasteiger partial charge in [-0.05, 0) is 39.0 Å². The second kappa shape index (κ2) is 6.36. The summed E-state index contributed by atoms with van der Waals surface area (Å²) < 4.78 is 10.1. The molecular formula is C13H25NO3. The van der Waals surface area contributed by atoms with Crippen LogP contribution < -0.4 is 5.32 Å². The average molecular weight is 243 g/mol. The highest BCUT2D eigenvalue weighted by Crippen LogP contribution is 2.39. The van der Waals surface area contributed by atoms with Gasteiger partial charge in [-0.25, -0.2) is 0 Å². The van der Waals surface area contributed by atoms with Gasteiger partial charge in [0.2, 0.25) is 0 Å². The number of ether oxygens (including phenoxy) is 2. The Kier molecular flexibility index (Phi) is 5.40. The van der Waals surface area contributed by atoms with Gasteiger partial charge in [0, 0.05) is 19.8 Å². The number of nitrogens with one attached hydrogen (secondary N) is 1. The quantitative estimate of drug-likeness (QED) is 0.722. The fraction of sp³-hybridized carbons (Fsp3) is 0.923. The molecule has 0 aliphatic heterocycles. The second-order valence-corrected chi connectivity index (χ2v) is 5.13. The molecule has 0 heterocycles. The normalized spacial score (nSPS) is 28.6. The van der Waals surface area contributed by atoms with E-state index in [2.05, 4.69) is 19.2 Å². The van der Waals surface area contributed by atoms with Gasteiger partial charge in [0.05, 0.1) is 7.11 Å². The summed E-state index contributed by atoms with van der Waals surface area (Å²) in [4.78, 5) is 12.1. The summed E-state index contributed by atoms with van der Waals surface area (Å²) >= 11 is 0. The third-order valence-corrected chi connectivity index (χ3v) is 3.59. The van der Waals surface area contributed by atoms with Crippen LogP contribution in [0, 0.1) is 5.92 Å². The van der Waals surface area contributed by atoms with Gasteiger partial charge in [0.25, 0.3) is 0 Å². The molecule has 4 nitrogen and oxygen atoms in total. The summed E-state index contributed by atoms with van der Waals surface area (Å²) in [6.07, 6.45) is 3.92. The van der Waals surface area contributed by atoms with Crippen molar-refractivity contribution in [1.29, 1.82) is 0 Å². The van der Waals surface area contributed by atoms with E-state index in [1.54, 1.807) is 7.11 Å². The van der Waals surface area contributed by atoms with Crippen LogP contribution >= 0.6 is 0 Å². The summed E-state index contributed by atoms with van der Waals surface area (Å²) in [5.41, 5.74) is -0.499. The molecule has 0 spiro atoms. The van der Waals surface area contributed by atoms with Gasteiger partial charge in [-0.3, -0.25) is 10.1 Å². The van der Waals surface area contributed by atoms with Crippen molar-refractivity contribution in [2.75, 3.05) is 20.8 Å². The van der Waals surface area contributed by atoms with E-state index < -0.39 is 5.54 Å². The standard InChI is InChI=1S/C13H25NO3/c1-10(2)14-13(12(15)17-4)8-5-6-11(13)7-9-16-3/h10-11,14H,5-9H2,1-4H3. The van der Waals surface area contributed by atoms with Crippen LogP contribution in [0.3, 0.4) is 0 Å². The monoisotopic (exact) mass is 243 g/mol. The van der Waals surface area contributed by atoms with E-state index in [9.17, 15) is 4.79 Å². The summed E-state index contributed by atoms with van der Waals surface area (Å²) in [5, 5.41) is 3.43. The van der Waals surface area contributed by atoms with Crippen molar-refractivity contribution in [2.45, 2.75) is 51.1 Å². The van der Waals surface area contributed by atoms with E-state index in [0.717, 1.165) is 25.7 Å². The van der Waals surface area contributed by atoms with E-state index in [4.69, 9.17) is 9.47 Å². The molecule has 1 N–H and O–H groups in total. The fourth-order valence-electron chi connectivity index (χ4n) is 2.94. The molecule has 0 aromatic rings. The Morgan fingerprint density at radius 1 is 1.47 bits per heavy atom. The molecule has 100 valence electrons. The molecule has 1 aliphatic rings. The zero-order valence-corrected chi connectivity index (χ0v) is 11.4. The zero-order chi connectivity index (χ0) is 12.9. The molecule has 17 heavy (non-hydrogen) atoms. The maximum absolute atomic E-state index is 12.1. The summed E-state index contributed by atoms with van der Waals surface area (Å²) in [6.45, 7) is 4.83. The van der Waals surface area contributed by atoms with Crippen LogP contribution in [0.5, 0.6) is 0 Å². The molecule has 0 amide bonds. The highest BCUT2D eigenvalue weighted by molar-refractivity contribution is 5.81. The Hall–Kier alpha value is -0.610. The number of carbonyl (C=O) groups is 1. The summed E-state index contributed by atoms with van der Waals surface area (Å²) in [7, 11) is 3.17. The first-order valence-electron chi connectivity index (χ1n) is 6.42. The van der Waals surface area contributed by atoms with Gasteiger partial charge in [0.1, 0.15) is 5.54 Å². The lowest BCUT2D eigenvalue weighted by molar-refractivity contribution is -0.151. The number of esters is 1. The van der Waals surface area contributed by atoms with Gasteiger partial charge in [-0.15, -0.1) is 0 Å². The van der Waals surface area contributed by atoms with Crippen LogP contribution in [-0.2, 0) is 14.3 Å². The summed E-state index contributed by atoms with van der Waals surface area (Å²) in [6, 6.07) is 0.275. The second-order valence-electron chi connectivity index (χ2n) is 5.13. The molecule has 1 fully saturated rings. The van der Waals surface area contributed by atoms with Crippen molar-refractivity contribution >= 4 is 5.97 Å². The van der Waals surface area contributed by atoms with Gasteiger partial charge in [0.15, 0.2) is 0 Å². The minimum absolute atomic E-state index is 0.121. The number of methoxy groups -OCH3 is 2. The molecule has 0 bridgehead atoms. The van der Waals surface area contributed by atoms with Crippen LogP contribution in [0.2, 0.25) is 0 Å². The predicted molar refractivity (Wildman–Crippen MR) is 66.9 cm³/mol. The average Bonchev–Trinajstić information content (AvgIpc) is 2.68. The molecule has 0 aromatic heterocycles. The first kappa shape index (κ1) is 14.5. The van der Waals surface area contributed by atoms with Crippen molar-refractivity contribution in [1.82, 2.24) is 5.32 Å². The Morgan fingerprint density at radius 2 is 2.18 bits per heavy atom. The molecule has 2 unspecified atom stereocenters. The third kappa shape index (κ3) is 3.19. The predicted octanol–water partition coefficient (Wildman–Crippen LogP) is 1.73. The lowest BCUT2D eigenvalue weighted by Crippen LogP contribution is -2.57. The molecule has 0 saturated heterocycles. The van der Waals surface area contributed by atoms with Crippen molar-refractivity contribution < 1.29 is 14.3 Å². The molecule has 0 aromatic carbocycles. The smallest absolute Gasteiger partial charge is 0.326 e. The zero-order valence-electron chi connectivity index (χ0n) is 11.4. The van der Waals surface area contributed by atoms with Crippen molar-refractivity contribution in [3.05, 3.63) is 0 Å². The maximum atomic E-state index is 12.1. The van der Waals surface area contributed by atoms with Crippen LogP contribution in [0.4, 0.5) is 0 Å². The van der Waals surface area contributed by atoms with Crippen LogP contribution in [-0.4, -0.2) is 38.4 Å². The van der Waals surface area contributed by atoms with E-state index in [1.165, 1.54) is 7.11 Å². The van der Waals surface area contributed by atoms with Gasteiger partial charge < -0.3 is 9.47 Å². The van der Waals surface area contributed by atoms with Crippen LogP contribution in [0.15, 0.2) is 0 Å². The van der Waals surface area contributed by atoms with E-state index in [0.29, 0.717) is 12.5 Å². The Bertz CT molecular complexity index is 255. The first-order valence-corrected chi connectivity index (χ1v) is 6.42. The van der Waals surface area contributed by atoms with Crippen molar-refractivity contribution in [3.63, 3.8) is 0 Å². The molecular weight excluding hydrogens is 218 g/mol. The minimum atomic E-state index is -0.499. The third-order valence-electron chi connectivity index (χ3n) is 3.59. The number of carbonyl (C=O) groups excluding carboxylic acids is 1. The molecule has 1 saturated carbocycles. The molecule has 4 heteroatoms. The van der Waals surface area contributed by atoms with Crippen LogP contribution in [0.25, 0.3) is 0 Å². The lowest BCUT2D eigenvalue weighted by Gasteiger charge is -2.35. The topological polar surface area (TPSA) is 47.6 Å². The highest BCUT2D eigenvalue weighted by atomic mass is 16.5. The SMILES string of the molecule is COCCC1CCCC1(NC(C)C)C(=O)OC. The largest absolute Gasteiger partial charge is 0.468 e. The van der Waals surface area contributed by atoms with E-state index >= 15 is 0 Å².